The standard InChI is InChI=1S/H3NO2Si2/c2-1-5-3-4/h4H3. The van der Waals surface area contributed by atoms with E-state index in [2.05, 4.69) is 8.75 Å². The molecule has 0 aromatic carbocycles. The Morgan fingerprint density at radius 3 is 2.60 bits per heavy atom. The summed E-state index contributed by atoms with van der Waals surface area (Å²) in [6.07, 6.45) is 0. The van der Waals surface area contributed by atoms with Crippen LogP contribution in [0.25, 0.3) is 4.63 Å². The Morgan fingerprint density at radius 1 is 2.00 bits per heavy atom. The van der Waals surface area contributed by atoms with E-state index in [1.165, 1.54) is 0 Å². The van der Waals surface area contributed by atoms with Crippen molar-refractivity contribution in [2.45, 2.75) is 0 Å². The molecule has 0 bridgehead atoms. The second-order valence-electron chi connectivity index (χ2n) is 0.387. The lowest BCUT2D eigenvalue weighted by Gasteiger charge is -1.61. The quantitative estimate of drug-likeness (QED) is 0.283. The van der Waals surface area contributed by atoms with Gasteiger partial charge in [0.25, 0.3) is 0 Å². The van der Waals surface area contributed by atoms with Crippen LogP contribution in [-0.2, 0) is 4.12 Å². The first-order valence-corrected chi connectivity index (χ1v) is 2.69. The van der Waals surface area contributed by atoms with Crippen molar-refractivity contribution < 1.29 is 4.12 Å². The van der Waals surface area contributed by atoms with Gasteiger partial charge in [-0.15, -0.1) is 0 Å². The van der Waals surface area contributed by atoms with E-state index in [0.717, 1.165) is 0 Å². The Labute approximate surface area is 34.8 Å². The van der Waals surface area contributed by atoms with Gasteiger partial charge in [0.2, 0.25) is 10.5 Å². The largest absolute Gasteiger partial charge is 0.764 e. The molecule has 3 nitrogen and oxygen atoms in total. The predicted molar refractivity (Wildman–Crippen MR) is 23.5 cm³/mol. The third-order valence-electron chi connectivity index (χ3n) is 0.129. The highest BCUT2D eigenvalue weighted by atomic mass is 28.3. The maximum absolute atomic E-state index is 9.06. The Bertz CT molecular complexity index is 59.8. The first kappa shape index (κ1) is 4.74. The molecule has 0 aromatic rings. The molecular formula is H3NO2Si2. The van der Waals surface area contributed by atoms with Crippen LogP contribution in [0.15, 0.2) is 0 Å². The van der Waals surface area contributed by atoms with E-state index in [9.17, 15) is 0 Å². The zero-order valence-electron chi connectivity index (χ0n) is 2.76. The van der Waals surface area contributed by atoms with Crippen LogP contribution in [0.5, 0.6) is 0 Å². The van der Waals surface area contributed by atoms with Gasteiger partial charge in [-0.1, -0.05) is 4.63 Å². The summed E-state index contributed by atoms with van der Waals surface area (Å²) in [7, 11) is 0.446. The molecule has 0 aliphatic heterocycles. The van der Waals surface area contributed by atoms with Gasteiger partial charge in [-0.05, 0) is 0 Å². The first-order chi connectivity index (χ1) is 2.41. The van der Waals surface area contributed by atoms with Crippen molar-refractivity contribution >= 4 is 19.9 Å². The van der Waals surface area contributed by atoms with Gasteiger partial charge >= 0.3 is 9.40 Å². The van der Waals surface area contributed by atoms with Crippen molar-refractivity contribution in [3.05, 3.63) is 9.84 Å². The lowest BCUT2D eigenvalue weighted by Crippen LogP contribution is -1.72. The lowest BCUT2D eigenvalue weighted by atomic mass is 13.6. The molecule has 0 aromatic heterocycles. The van der Waals surface area contributed by atoms with Gasteiger partial charge in [-0.2, -0.15) is 0 Å². The Hall–Kier alpha value is -0.256. The SMILES string of the molecule is [O-][N+]#[Si]O[SiH3]. The van der Waals surface area contributed by atoms with Gasteiger partial charge in [-0.3, -0.25) is 0 Å². The fourth-order valence-corrected chi connectivity index (χ4v) is 0.335. The van der Waals surface area contributed by atoms with E-state index in [1.54, 1.807) is 0 Å². The summed E-state index contributed by atoms with van der Waals surface area (Å²) in [4.78, 5) is 0. The molecule has 0 saturated heterocycles. The van der Waals surface area contributed by atoms with Crippen LogP contribution in [0.3, 0.4) is 0 Å². The molecule has 0 heterocycles. The van der Waals surface area contributed by atoms with E-state index in [-0.39, 0.29) is 9.40 Å². The van der Waals surface area contributed by atoms with Crippen LogP contribution in [0.4, 0.5) is 0 Å². The van der Waals surface area contributed by atoms with Crippen LogP contribution >= 0.6 is 0 Å². The molecular weight excluding hydrogens is 102 g/mol. The van der Waals surface area contributed by atoms with Gasteiger partial charge < -0.3 is 9.32 Å². The lowest BCUT2D eigenvalue weighted by molar-refractivity contribution is 0.685. The topological polar surface area (TPSA) is 36.6 Å². The van der Waals surface area contributed by atoms with Crippen molar-refractivity contribution in [1.82, 2.24) is 0 Å². The highest BCUT2D eigenvalue weighted by Gasteiger charge is 1.68. The van der Waals surface area contributed by atoms with E-state index in [1.807, 2.05) is 0 Å². The average molecular weight is 105 g/mol. The third-order valence-corrected chi connectivity index (χ3v) is 0.933. The van der Waals surface area contributed by atoms with Crippen LogP contribution in [0.1, 0.15) is 0 Å². The normalized spacial score (nSPS) is 4.80. The van der Waals surface area contributed by atoms with Crippen LogP contribution in [-0.4, -0.2) is 19.9 Å². The van der Waals surface area contributed by atoms with E-state index in [0.29, 0.717) is 10.5 Å². The third kappa shape index (κ3) is 3.74. The highest BCUT2D eigenvalue weighted by molar-refractivity contribution is 6.22. The smallest absolute Gasteiger partial charge is 0.520 e. The maximum atomic E-state index is 9.06. The molecule has 0 fully saturated rings. The number of rotatable bonds is 0. The molecule has 28 valence electrons. The molecule has 0 aliphatic carbocycles. The van der Waals surface area contributed by atoms with Crippen molar-refractivity contribution in [3.63, 3.8) is 0 Å². The summed E-state index contributed by atoms with van der Waals surface area (Å²) >= 11 is 0. The molecule has 5 heteroatoms. The predicted octanol–water partition coefficient (Wildman–Crippen LogP) is -1.31. The van der Waals surface area contributed by atoms with Gasteiger partial charge in [0, 0.05) is 0 Å². The van der Waals surface area contributed by atoms with Crippen LogP contribution < -0.4 is 0 Å². The molecule has 0 saturated carbocycles. The van der Waals surface area contributed by atoms with Crippen LogP contribution in [0, 0.1) is 5.21 Å². The fraction of sp³-hybridized carbons (Fsp3) is 0. The van der Waals surface area contributed by atoms with Crippen molar-refractivity contribution in [2.24, 2.45) is 0 Å². The summed E-state index contributed by atoms with van der Waals surface area (Å²) < 4.78 is 6.82. The molecule has 0 atom stereocenters. The maximum Gasteiger partial charge on any atom is 0.764 e. The van der Waals surface area contributed by atoms with Crippen molar-refractivity contribution in [1.29, 1.82) is 0 Å². The summed E-state index contributed by atoms with van der Waals surface area (Å²) in [6, 6.07) is 0. The minimum absolute atomic E-state index is 0.171. The molecule has 0 unspecified atom stereocenters. The monoisotopic (exact) mass is 105 g/mol. The van der Waals surface area contributed by atoms with Crippen molar-refractivity contribution in [3.8, 4) is 0 Å². The summed E-state index contributed by atoms with van der Waals surface area (Å²) in [5.41, 5.74) is 0. The van der Waals surface area contributed by atoms with E-state index >= 15 is 0 Å². The molecule has 0 spiro atoms. The van der Waals surface area contributed by atoms with Gasteiger partial charge in [0.15, 0.2) is 0 Å². The Kier molecular flexibility index (Phi) is 3.55. The van der Waals surface area contributed by atoms with Crippen molar-refractivity contribution in [2.75, 3.05) is 0 Å². The molecule has 5 heavy (non-hydrogen) atoms. The van der Waals surface area contributed by atoms with Crippen LogP contribution in [0.2, 0.25) is 0 Å². The van der Waals surface area contributed by atoms with E-state index in [4.69, 9.17) is 5.21 Å². The number of hydrogen-bond acceptors (Lipinski definition) is 2. The molecule has 0 rings (SSSR count). The zero-order valence-corrected chi connectivity index (χ0v) is 5.76. The highest BCUT2D eigenvalue weighted by Crippen LogP contribution is 1.44. The van der Waals surface area contributed by atoms with Gasteiger partial charge in [-0.25, -0.2) is 0 Å². The number of hydrogen-bond donors (Lipinski definition) is 0. The molecule has 0 amide bonds. The molecule has 0 N–H and O–H groups in total. The Morgan fingerprint density at radius 2 is 2.60 bits per heavy atom. The number of nitrogens with zero attached hydrogens (tertiary/aromatic N) is 1. The molecule has 0 radical (unpaired) electrons. The van der Waals surface area contributed by atoms with Gasteiger partial charge in [0.05, 0.1) is 0 Å². The summed E-state index contributed by atoms with van der Waals surface area (Å²) in [5, 5.41) is 9.06. The second kappa shape index (κ2) is 3.74. The minimum Gasteiger partial charge on any atom is -0.520 e. The first-order valence-electron chi connectivity index (χ1n) is 1.02. The average Bonchev–Trinajstić information content (AvgIpc) is 1.41. The van der Waals surface area contributed by atoms with E-state index < -0.39 is 0 Å². The molecule has 0 aliphatic rings. The Balaban J connectivity index is 2.81. The van der Waals surface area contributed by atoms with Gasteiger partial charge in [0.1, 0.15) is 0 Å². The zero-order chi connectivity index (χ0) is 4.12. The minimum atomic E-state index is -0.171. The fourth-order valence-electron chi connectivity index (χ4n) is 0.0373. The summed E-state index contributed by atoms with van der Waals surface area (Å²) in [6.45, 7) is 0. The second-order valence-corrected chi connectivity index (χ2v) is 2.38. The summed E-state index contributed by atoms with van der Waals surface area (Å²) in [5.74, 6) is 0.